The summed E-state index contributed by atoms with van der Waals surface area (Å²) in [6.07, 6.45) is 7.02. The van der Waals surface area contributed by atoms with Crippen LogP contribution in [0.25, 0.3) is 11.2 Å². The Labute approximate surface area is 171 Å². The molecule has 0 saturated heterocycles. The van der Waals surface area contributed by atoms with E-state index in [1.165, 1.54) is 37.6 Å². The maximum Gasteiger partial charge on any atom is 0.335 e. The number of methoxy groups -OCH3 is 1. The van der Waals surface area contributed by atoms with Crippen molar-refractivity contribution in [1.82, 2.24) is 19.9 Å². The van der Waals surface area contributed by atoms with Crippen molar-refractivity contribution in [3.8, 4) is 12.3 Å². The fourth-order valence-corrected chi connectivity index (χ4v) is 3.21. The molecule has 30 heavy (non-hydrogen) atoms. The van der Waals surface area contributed by atoms with Crippen LogP contribution in [0.2, 0.25) is 0 Å². The number of fused-ring (bicyclic) bond motifs is 1. The second-order valence-electron chi connectivity index (χ2n) is 6.51. The lowest BCUT2D eigenvalue weighted by atomic mass is 9.74. The van der Waals surface area contributed by atoms with Crippen LogP contribution in [0.1, 0.15) is 28.0 Å². The van der Waals surface area contributed by atoms with Gasteiger partial charge in [-0.05, 0) is 17.7 Å². The third-order valence-electron chi connectivity index (χ3n) is 4.65. The van der Waals surface area contributed by atoms with Gasteiger partial charge in [-0.3, -0.25) is 4.79 Å². The van der Waals surface area contributed by atoms with E-state index in [0.29, 0.717) is 11.3 Å². The SMILES string of the molecule is C#CCC(Cc1cnc2nc(N)nc(N)c2n1)(C(=O)OC)c1ccc(C(=O)O)cc1. The first kappa shape index (κ1) is 20.5. The van der Waals surface area contributed by atoms with Gasteiger partial charge in [0.1, 0.15) is 5.41 Å². The maximum atomic E-state index is 12.9. The molecular formula is C20H18N6O4. The van der Waals surface area contributed by atoms with Gasteiger partial charge in [0.05, 0.1) is 24.6 Å². The van der Waals surface area contributed by atoms with Crippen LogP contribution in [0.3, 0.4) is 0 Å². The molecule has 1 atom stereocenters. The molecule has 0 aliphatic heterocycles. The summed E-state index contributed by atoms with van der Waals surface area (Å²) in [6, 6.07) is 5.85. The van der Waals surface area contributed by atoms with Gasteiger partial charge in [0.25, 0.3) is 0 Å². The van der Waals surface area contributed by atoms with E-state index in [0.717, 1.165) is 0 Å². The van der Waals surface area contributed by atoms with E-state index in [9.17, 15) is 9.59 Å². The first-order valence-electron chi connectivity index (χ1n) is 8.71. The average molecular weight is 406 g/mol. The van der Waals surface area contributed by atoms with Crippen LogP contribution in [0.5, 0.6) is 0 Å². The number of ether oxygens (including phenoxy) is 1. The second-order valence-corrected chi connectivity index (χ2v) is 6.51. The Bertz CT molecular complexity index is 1170. The Kier molecular flexibility index (Phi) is 5.46. The number of nitrogens with two attached hydrogens (primary N) is 2. The van der Waals surface area contributed by atoms with Gasteiger partial charge < -0.3 is 21.3 Å². The summed E-state index contributed by atoms with van der Waals surface area (Å²) < 4.78 is 5.03. The van der Waals surface area contributed by atoms with E-state index in [4.69, 9.17) is 27.7 Å². The van der Waals surface area contributed by atoms with Crippen LogP contribution in [0.4, 0.5) is 11.8 Å². The fraction of sp³-hybridized carbons (Fsp3) is 0.200. The van der Waals surface area contributed by atoms with Crippen molar-refractivity contribution in [2.75, 3.05) is 18.6 Å². The highest BCUT2D eigenvalue weighted by molar-refractivity contribution is 5.89. The molecule has 10 nitrogen and oxygen atoms in total. The molecule has 0 aliphatic rings. The zero-order valence-electron chi connectivity index (χ0n) is 16.0. The molecule has 152 valence electrons. The molecule has 1 aromatic carbocycles. The van der Waals surface area contributed by atoms with Gasteiger partial charge in [-0.1, -0.05) is 12.1 Å². The third-order valence-corrected chi connectivity index (χ3v) is 4.65. The first-order valence-corrected chi connectivity index (χ1v) is 8.71. The predicted molar refractivity (Wildman–Crippen MR) is 108 cm³/mol. The molecule has 0 aliphatic carbocycles. The fourth-order valence-electron chi connectivity index (χ4n) is 3.21. The zero-order valence-corrected chi connectivity index (χ0v) is 16.0. The largest absolute Gasteiger partial charge is 0.478 e. The van der Waals surface area contributed by atoms with Gasteiger partial charge in [0, 0.05) is 12.8 Å². The van der Waals surface area contributed by atoms with Gasteiger partial charge in [0.2, 0.25) is 5.95 Å². The van der Waals surface area contributed by atoms with E-state index in [1.807, 2.05) is 0 Å². The molecule has 0 radical (unpaired) electrons. The van der Waals surface area contributed by atoms with Crippen LogP contribution in [-0.2, 0) is 21.4 Å². The Morgan fingerprint density at radius 3 is 2.50 bits per heavy atom. The average Bonchev–Trinajstić information content (AvgIpc) is 2.73. The zero-order chi connectivity index (χ0) is 21.9. The van der Waals surface area contributed by atoms with E-state index >= 15 is 0 Å². The topological polar surface area (TPSA) is 167 Å². The standard InChI is InChI=1S/C20H18N6O4/c1-3-8-20(18(29)30-2,12-6-4-11(5-7-12)17(27)28)9-13-10-23-16-14(24-13)15(21)25-19(22)26-16/h1,4-7,10H,8-9H2,2H3,(H,27,28)(H4,21,22,23,25,26). The number of nitrogen functional groups attached to an aromatic ring is 2. The number of benzene rings is 1. The highest BCUT2D eigenvalue weighted by Gasteiger charge is 2.42. The number of carboxylic acid groups (broad SMARTS) is 1. The van der Waals surface area contributed by atoms with E-state index in [-0.39, 0.29) is 41.3 Å². The van der Waals surface area contributed by atoms with Gasteiger partial charge >= 0.3 is 11.9 Å². The molecule has 0 saturated carbocycles. The normalized spacial score (nSPS) is 12.7. The van der Waals surface area contributed by atoms with Crippen LogP contribution in [-0.4, -0.2) is 44.1 Å². The van der Waals surface area contributed by atoms with Crippen molar-refractivity contribution in [2.45, 2.75) is 18.3 Å². The molecule has 0 bridgehead atoms. The molecule has 2 aromatic heterocycles. The van der Waals surface area contributed by atoms with Crippen molar-refractivity contribution in [1.29, 1.82) is 0 Å². The number of anilines is 2. The summed E-state index contributed by atoms with van der Waals surface area (Å²) in [4.78, 5) is 40.5. The Hall–Kier alpha value is -4.26. The molecule has 0 amide bonds. The van der Waals surface area contributed by atoms with Gasteiger partial charge in [-0.15, -0.1) is 12.3 Å². The third kappa shape index (κ3) is 3.68. The molecule has 0 spiro atoms. The highest BCUT2D eigenvalue weighted by Crippen LogP contribution is 2.34. The van der Waals surface area contributed by atoms with Crippen molar-refractivity contribution < 1.29 is 19.4 Å². The minimum atomic E-state index is -1.31. The van der Waals surface area contributed by atoms with Crippen LogP contribution in [0.15, 0.2) is 30.5 Å². The van der Waals surface area contributed by atoms with Gasteiger partial charge in [-0.2, -0.15) is 9.97 Å². The van der Waals surface area contributed by atoms with Gasteiger partial charge in [0.15, 0.2) is 17.0 Å². The first-order chi connectivity index (χ1) is 14.3. The summed E-state index contributed by atoms with van der Waals surface area (Å²) in [6.45, 7) is 0. The number of nitrogens with zero attached hydrogens (tertiary/aromatic N) is 4. The summed E-state index contributed by atoms with van der Waals surface area (Å²) in [5.74, 6) is 0.851. The van der Waals surface area contributed by atoms with E-state index in [2.05, 4.69) is 25.9 Å². The summed E-state index contributed by atoms with van der Waals surface area (Å²) >= 11 is 0. The monoisotopic (exact) mass is 406 g/mol. The number of carbonyl (C=O) groups excluding carboxylic acids is 1. The molecule has 0 fully saturated rings. The molecule has 2 heterocycles. The number of carboxylic acids is 1. The molecule has 1 unspecified atom stereocenters. The van der Waals surface area contributed by atoms with E-state index < -0.39 is 17.4 Å². The minimum absolute atomic E-state index is 0.0144. The minimum Gasteiger partial charge on any atom is -0.478 e. The number of hydrogen-bond donors (Lipinski definition) is 3. The number of esters is 1. The number of terminal acetylenes is 1. The summed E-state index contributed by atoms with van der Waals surface area (Å²) in [5.41, 5.74) is 11.6. The Balaban J connectivity index is 2.13. The number of hydrogen-bond acceptors (Lipinski definition) is 9. The van der Waals surface area contributed by atoms with Gasteiger partial charge in [-0.25, -0.2) is 14.8 Å². The number of aromatic nitrogens is 4. The lowest BCUT2D eigenvalue weighted by molar-refractivity contribution is -0.147. The predicted octanol–water partition coefficient (Wildman–Crippen LogP) is 0.959. The van der Waals surface area contributed by atoms with Crippen molar-refractivity contribution in [3.05, 3.63) is 47.3 Å². The molecule has 10 heteroatoms. The van der Waals surface area contributed by atoms with Crippen molar-refractivity contribution in [2.24, 2.45) is 0 Å². The number of aromatic carboxylic acids is 1. The Morgan fingerprint density at radius 2 is 1.90 bits per heavy atom. The number of carbonyl (C=O) groups is 2. The van der Waals surface area contributed by atoms with Crippen molar-refractivity contribution >= 4 is 34.9 Å². The second kappa shape index (κ2) is 8.00. The molecular weight excluding hydrogens is 388 g/mol. The van der Waals surface area contributed by atoms with Crippen molar-refractivity contribution in [3.63, 3.8) is 0 Å². The lowest BCUT2D eigenvalue weighted by Crippen LogP contribution is -2.39. The molecule has 3 aromatic rings. The molecule has 3 rings (SSSR count). The highest BCUT2D eigenvalue weighted by atomic mass is 16.5. The lowest BCUT2D eigenvalue weighted by Gasteiger charge is -2.29. The van der Waals surface area contributed by atoms with Crippen LogP contribution < -0.4 is 11.5 Å². The Morgan fingerprint density at radius 1 is 1.20 bits per heavy atom. The summed E-state index contributed by atoms with van der Waals surface area (Å²) in [5, 5.41) is 9.14. The van der Waals surface area contributed by atoms with Crippen LogP contribution >= 0.6 is 0 Å². The smallest absolute Gasteiger partial charge is 0.335 e. The maximum absolute atomic E-state index is 12.9. The van der Waals surface area contributed by atoms with Crippen LogP contribution in [0, 0.1) is 12.3 Å². The van der Waals surface area contributed by atoms with E-state index in [1.54, 1.807) is 0 Å². The molecule has 5 N–H and O–H groups in total. The number of rotatable bonds is 6. The summed E-state index contributed by atoms with van der Waals surface area (Å²) in [7, 11) is 1.25. The quantitative estimate of drug-likeness (QED) is 0.396.